The molecular weight excluding hydrogens is 214 g/mol. The summed E-state index contributed by atoms with van der Waals surface area (Å²) < 4.78 is 5.37. The van der Waals surface area contributed by atoms with Crippen molar-refractivity contribution in [3.8, 4) is 0 Å². The number of aliphatic hydroxyl groups is 1. The molecule has 94 valence electrons. The molecule has 17 heavy (non-hydrogen) atoms. The van der Waals surface area contributed by atoms with E-state index in [0.29, 0.717) is 0 Å². The molecule has 1 heterocycles. The van der Waals surface area contributed by atoms with Gasteiger partial charge in [0.1, 0.15) is 0 Å². The fourth-order valence-electron chi connectivity index (χ4n) is 2.22. The second-order valence-corrected chi connectivity index (χ2v) is 5.18. The molecule has 1 saturated heterocycles. The molecule has 0 bridgehead atoms. The van der Waals surface area contributed by atoms with Crippen LogP contribution in [0.15, 0.2) is 18.2 Å². The van der Waals surface area contributed by atoms with E-state index < -0.39 is 5.60 Å². The number of anilines is 1. The Labute approximate surface area is 103 Å². The number of aryl methyl sites for hydroxylation is 1. The predicted octanol–water partition coefficient (Wildman–Crippen LogP) is 2.06. The maximum Gasteiger partial charge on any atom is 0.0860 e. The molecule has 0 saturated carbocycles. The van der Waals surface area contributed by atoms with Crippen molar-refractivity contribution in [1.29, 1.82) is 0 Å². The van der Waals surface area contributed by atoms with E-state index in [0.717, 1.165) is 37.6 Å². The lowest BCUT2D eigenvalue weighted by Crippen LogP contribution is -2.38. The van der Waals surface area contributed by atoms with Crippen molar-refractivity contribution in [3.05, 3.63) is 29.3 Å². The van der Waals surface area contributed by atoms with Crippen LogP contribution in [0.25, 0.3) is 0 Å². The fraction of sp³-hybridized carbons (Fsp3) is 0.571. The Kier molecular flexibility index (Phi) is 3.40. The lowest BCUT2D eigenvalue weighted by Gasteiger charge is -2.33. The van der Waals surface area contributed by atoms with E-state index in [4.69, 9.17) is 4.74 Å². The Morgan fingerprint density at radius 2 is 1.88 bits per heavy atom. The van der Waals surface area contributed by atoms with Gasteiger partial charge in [0.2, 0.25) is 0 Å². The lowest BCUT2D eigenvalue weighted by atomic mass is 9.94. The van der Waals surface area contributed by atoms with Crippen LogP contribution < -0.4 is 4.90 Å². The number of rotatable bonds is 2. The van der Waals surface area contributed by atoms with Crippen molar-refractivity contribution in [2.45, 2.75) is 26.4 Å². The van der Waals surface area contributed by atoms with Gasteiger partial charge in [-0.15, -0.1) is 0 Å². The van der Waals surface area contributed by atoms with Gasteiger partial charge in [0.25, 0.3) is 0 Å². The second kappa shape index (κ2) is 4.67. The normalized spacial score (nSPS) is 17.3. The molecular formula is C14H21NO2. The van der Waals surface area contributed by atoms with Gasteiger partial charge in [-0.05, 0) is 32.4 Å². The van der Waals surface area contributed by atoms with Crippen LogP contribution in [-0.2, 0) is 10.3 Å². The average molecular weight is 235 g/mol. The van der Waals surface area contributed by atoms with Crippen LogP contribution in [0, 0.1) is 6.92 Å². The third-order valence-corrected chi connectivity index (χ3v) is 3.16. The van der Waals surface area contributed by atoms with Crippen molar-refractivity contribution >= 4 is 5.69 Å². The minimum Gasteiger partial charge on any atom is -0.386 e. The molecule has 0 amide bonds. The van der Waals surface area contributed by atoms with Gasteiger partial charge in [-0.2, -0.15) is 0 Å². The smallest absolute Gasteiger partial charge is 0.0860 e. The Morgan fingerprint density at radius 1 is 1.24 bits per heavy atom. The van der Waals surface area contributed by atoms with Gasteiger partial charge in [-0.25, -0.2) is 0 Å². The number of hydrogen-bond donors (Lipinski definition) is 1. The number of ether oxygens (including phenoxy) is 1. The molecule has 1 aromatic carbocycles. The summed E-state index contributed by atoms with van der Waals surface area (Å²) in [5.74, 6) is 0. The molecule has 0 unspecified atom stereocenters. The van der Waals surface area contributed by atoms with Gasteiger partial charge in [0, 0.05) is 24.3 Å². The summed E-state index contributed by atoms with van der Waals surface area (Å²) in [7, 11) is 0. The van der Waals surface area contributed by atoms with Crippen LogP contribution in [0.2, 0.25) is 0 Å². The molecule has 1 aromatic rings. The Morgan fingerprint density at radius 3 is 2.47 bits per heavy atom. The maximum absolute atomic E-state index is 10.2. The van der Waals surface area contributed by atoms with Crippen molar-refractivity contribution in [1.82, 2.24) is 0 Å². The van der Waals surface area contributed by atoms with E-state index in [2.05, 4.69) is 24.0 Å². The third-order valence-electron chi connectivity index (χ3n) is 3.16. The number of benzene rings is 1. The summed E-state index contributed by atoms with van der Waals surface area (Å²) in [4.78, 5) is 2.30. The summed E-state index contributed by atoms with van der Waals surface area (Å²) in [5, 5.41) is 10.2. The van der Waals surface area contributed by atoms with Crippen LogP contribution in [0.5, 0.6) is 0 Å². The fourth-order valence-corrected chi connectivity index (χ4v) is 2.22. The Balaban J connectivity index is 2.39. The molecule has 0 aliphatic carbocycles. The highest BCUT2D eigenvalue weighted by Crippen LogP contribution is 2.31. The van der Waals surface area contributed by atoms with E-state index in [1.54, 1.807) is 0 Å². The minimum absolute atomic E-state index is 0.763. The van der Waals surface area contributed by atoms with Crippen molar-refractivity contribution in [2.75, 3.05) is 31.2 Å². The zero-order valence-electron chi connectivity index (χ0n) is 10.9. The first kappa shape index (κ1) is 12.4. The minimum atomic E-state index is -0.804. The van der Waals surface area contributed by atoms with Gasteiger partial charge >= 0.3 is 0 Å². The van der Waals surface area contributed by atoms with Crippen LogP contribution in [-0.4, -0.2) is 31.4 Å². The molecule has 1 aliphatic rings. The average Bonchev–Trinajstić information content (AvgIpc) is 2.28. The zero-order valence-corrected chi connectivity index (χ0v) is 10.9. The van der Waals surface area contributed by atoms with Crippen molar-refractivity contribution < 1.29 is 9.84 Å². The van der Waals surface area contributed by atoms with E-state index in [1.807, 2.05) is 19.9 Å². The van der Waals surface area contributed by atoms with E-state index in [9.17, 15) is 5.11 Å². The summed E-state index contributed by atoms with van der Waals surface area (Å²) in [6, 6.07) is 6.23. The van der Waals surface area contributed by atoms with Gasteiger partial charge in [-0.1, -0.05) is 12.1 Å². The largest absolute Gasteiger partial charge is 0.386 e. The van der Waals surface area contributed by atoms with E-state index >= 15 is 0 Å². The van der Waals surface area contributed by atoms with Gasteiger partial charge in [0.15, 0.2) is 0 Å². The van der Waals surface area contributed by atoms with Crippen LogP contribution in [0.4, 0.5) is 5.69 Å². The molecule has 0 spiro atoms. The quantitative estimate of drug-likeness (QED) is 0.851. The molecule has 0 radical (unpaired) electrons. The molecule has 3 heteroatoms. The molecule has 1 aliphatic heterocycles. The van der Waals surface area contributed by atoms with Crippen LogP contribution in [0.3, 0.4) is 0 Å². The van der Waals surface area contributed by atoms with Crippen molar-refractivity contribution in [3.63, 3.8) is 0 Å². The third kappa shape index (κ3) is 2.79. The highest BCUT2D eigenvalue weighted by Gasteiger charge is 2.23. The standard InChI is InChI=1S/C14H21NO2/c1-11-4-5-12(14(2,3)16)13(10-11)15-6-8-17-9-7-15/h4-5,10,16H,6-9H2,1-3H3. The first-order valence-electron chi connectivity index (χ1n) is 6.15. The van der Waals surface area contributed by atoms with Crippen molar-refractivity contribution in [2.24, 2.45) is 0 Å². The molecule has 0 atom stereocenters. The highest BCUT2D eigenvalue weighted by molar-refractivity contribution is 5.57. The van der Waals surface area contributed by atoms with Gasteiger partial charge < -0.3 is 14.7 Å². The van der Waals surface area contributed by atoms with Crippen LogP contribution >= 0.6 is 0 Å². The lowest BCUT2D eigenvalue weighted by molar-refractivity contribution is 0.0781. The monoisotopic (exact) mass is 235 g/mol. The molecule has 1 fully saturated rings. The summed E-state index contributed by atoms with van der Waals surface area (Å²) >= 11 is 0. The van der Waals surface area contributed by atoms with Gasteiger partial charge in [-0.3, -0.25) is 0 Å². The topological polar surface area (TPSA) is 32.7 Å². The number of nitrogens with zero attached hydrogens (tertiary/aromatic N) is 1. The maximum atomic E-state index is 10.2. The molecule has 0 aromatic heterocycles. The van der Waals surface area contributed by atoms with Crippen LogP contribution in [0.1, 0.15) is 25.0 Å². The van der Waals surface area contributed by atoms with E-state index in [-0.39, 0.29) is 0 Å². The first-order valence-corrected chi connectivity index (χ1v) is 6.15. The first-order chi connectivity index (χ1) is 7.98. The highest BCUT2D eigenvalue weighted by atomic mass is 16.5. The predicted molar refractivity (Wildman–Crippen MR) is 69.5 cm³/mol. The number of morpholine rings is 1. The summed E-state index contributed by atoms with van der Waals surface area (Å²) in [6.07, 6.45) is 0. The van der Waals surface area contributed by atoms with Gasteiger partial charge in [0.05, 0.1) is 18.8 Å². The summed E-state index contributed by atoms with van der Waals surface area (Å²) in [6.45, 7) is 9.07. The molecule has 3 nitrogen and oxygen atoms in total. The SMILES string of the molecule is Cc1ccc(C(C)(C)O)c(N2CCOCC2)c1. The summed E-state index contributed by atoms with van der Waals surface area (Å²) in [5.41, 5.74) is 2.55. The van der Waals surface area contributed by atoms with E-state index in [1.165, 1.54) is 5.56 Å². The molecule has 2 rings (SSSR count). The molecule has 1 N–H and O–H groups in total. The Hall–Kier alpha value is -1.06. The Bertz CT molecular complexity index is 390. The number of hydrogen-bond acceptors (Lipinski definition) is 3. The second-order valence-electron chi connectivity index (χ2n) is 5.18. The zero-order chi connectivity index (χ0) is 12.5.